The number of hydrogen-bond donors (Lipinski definition) is 1. The van der Waals surface area contributed by atoms with E-state index in [1.54, 1.807) is 36.1 Å². The first-order valence-electron chi connectivity index (χ1n) is 10.7. The van der Waals surface area contributed by atoms with E-state index < -0.39 is 10.0 Å². The molecule has 170 valence electrons. The van der Waals surface area contributed by atoms with Crippen molar-refractivity contribution in [3.05, 3.63) is 52.8 Å². The summed E-state index contributed by atoms with van der Waals surface area (Å²) in [5.41, 5.74) is 2.57. The van der Waals surface area contributed by atoms with Crippen LogP contribution in [0, 0.1) is 20.8 Å². The molecule has 1 aliphatic rings. The maximum Gasteiger partial charge on any atom is 0.289 e. The molecule has 0 spiro atoms. The summed E-state index contributed by atoms with van der Waals surface area (Å²) in [7, 11) is -2.54. The summed E-state index contributed by atoms with van der Waals surface area (Å²) in [6.07, 6.45) is 3.04. The van der Waals surface area contributed by atoms with Gasteiger partial charge in [-0.2, -0.15) is 0 Å². The van der Waals surface area contributed by atoms with Crippen molar-refractivity contribution in [2.24, 2.45) is 0 Å². The monoisotopic (exact) mass is 456 g/mol. The minimum absolute atomic E-state index is 0.0409. The fraction of sp³-hybridized carbons (Fsp3) is 0.375. The molecule has 0 aliphatic carbocycles. The van der Waals surface area contributed by atoms with Crippen LogP contribution >= 0.6 is 0 Å². The second-order valence-corrected chi connectivity index (χ2v) is 9.86. The Bertz CT molecular complexity index is 1290. The normalized spacial score (nSPS) is 14.6. The van der Waals surface area contributed by atoms with Crippen molar-refractivity contribution in [2.45, 2.75) is 44.9 Å². The second kappa shape index (κ2) is 8.50. The first kappa shape index (κ1) is 22.2. The number of likely N-dealkylation sites (tertiary alicyclic amines) is 1. The number of nitrogens with one attached hydrogen (secondary N) is 1. The molecule has 32 heavy (non-hydrogen) atoms. The highest BCUT2D eigenvalue weighted by Crippen LogP contribution is 2.37. The molecule has 1 amide bonds. The Hall–Kier alpha value is -3.00. The van der Waals surface area contributed by atoms with E-state index in [1.165, 1.54) is 7.11 Å². The van der Waals surface area contributed by atoms with Crippen LogP contribution in [-0.4, -0.2) is 39.4 Å². The third-order valence-corrected chi connectivity index (χ3v) is 7.67. The molecule has 2 heterocycles. The summed E-state index contributed by atoms with van der Waals surface area (Å²) >= 11 is 0. The summed E-state index contributed by atoms with van der Waals surface area (Å²) in [5, 5.41) is 0.633. The number of nitrogens with zero attached hydrogens (tertiary/aromatic N) is 1. The summed E-state index contributed by atoms with van der Waals surface area (Å²) in [6, 6.07) is 8.70. The van der Waals surface area contributed by atoms with Crippen LogP contribution in [0.15, 0.2) is 39.6 Å². The molecule has 0 saturated carbocycles. The van der Waals surface area contributed by atoms with Crippen molar-refractivity contribution >= 4 is 32.6 Å². The molecule has 0 radical (unpaired) electrons. The maximum atomic E-state index is 13.5. The number of amides is 1. The van der Waals surface area contributed by atoms with E-state index in [9.17, 15) is 13.2 Å². The fourth-order valence-corrected chi connectivity index (χ4v) is 5.76. The lowest BCUT2D eigenvalue weighted by molar-refractivity contribution is 0.0693. The number of fused-ring (bicyclic) bond motifs is 1. The number of anilines is 1. The average molecular weight is 457 g/mol. The van der Waals surface area contributed by atoms with Gasteiger partial charge in [0.1, 0.15) is 10.6 Å². The van der Waals surface area contributed by atoms with Crippen LogP contribution in [0.4, 0.5) is 5.69 Å². The molecule has 4 rings (SSSR count). The minimum Gasteiger partial charge on any atom is -0.495 e. The zero-order valence-electron chi connectivity index (χ0n) is 18.8. The molecule has 3 aromatic rings. The van der Waals surface area contributed by atoms with E-state index in [0.717, 1.165) is 24.8 Å². The van der Waals surface area contributed by atoms with Crippen LogP contribution in [0.2, 0.25) is 0 Å². The molecular formula is C24H28N2O5S. The van der Waals surface area contributed by atoms with E-state index in [1.807, 2.05) is 19.9 Å². The SMILES string of the molecule is COc1ccccc1NS(=O)(=O)c1c(C)c(C)cc2c(C)c(C(=O)N3CCCCC3)oc12. The van der Waals surface area contributed by atoms with Crippen LogP contribution in [0.1, 0.15) is 46.5 Å². The zero-order chi connectivity index (χ0) is 23.0. The maximum absolute atomic E-state index is 13.5. The number of benzene rings is 2. The number of carbonyl (C=O) groups excluding carboxylic acids is 1. The van der Waals surface area contributed by atoms with Crippen LogP contribution in [0.3, 0.4) is 0 Å². The number of sulfonamides is 1. The lowest BCUT2D eigenvalue weighted by atomic mass is 10.0. The Labute approximate surface area is 188 Å². The van der Waals surface area contributed by atoms with Crippen molar-refractivity contribution in [1.29, 1.82) is 0 Å². The first-order chi connectivity index (χ1) is 15.2. The quantitative estimate of drug-likeness (QED) is 0.596. The van der Waals surface area contributed by atoms with Crippen LogP contribution in [-0.2, 0) is 10.0 Å². The Morgan fingerprint density at radius 1 is 1.06 bits per heavy atom. The second-order valence-electron chi connectivity index (χ2n) is 8.24. The van der Waals surface area contributed by atoms with Gasteiger partial charge in [0, 0.05) is 24.0 Å². The molecule has 7 nitrogen and oxygen atoms in total. The number of piperidine rings is 1. The molecule has 1 N–H and O–H groups in total. The summed E-state index contributed by atoms with van der Waals surface area (Å²) in [4.78, 5) is 15.0. The molecule has 0 atom stereocenters. The lowest BCUT2D eigenvalue weighted by Crippen LogP contribution is -2.35. The van der Waals surface area contributed by atoms with Gasteiger partial charge in [-0.05, 0) is 69.4 Å². The van der Waals surface area contributed by atoms with Gasteiger partial charge in [-0.1, -0.05) is 12.1 Å². The van der Waals surface area contributed by atoms with Crippen LogP contribution < -0.4 is 9.46 Å². The van der Waals surface area contributed by atoms with E-state index in [2.05, 4.69) is 4.72 Å². The number of aryl methyl sites for hydroxylation is 2. The van der Waals surface area contributed by atoms with E-state index in [-0.39, 0.29) is 22.1 Å². The van der Waals surface area contributed by atoms with Crippen molar-refractivity contribution in [1.82, 2.24) is 4.90 Å². The summed E-state index contributed by atoms with van der Waals surface area (Å²) in [6.45, 7) is 6.79. The van der Waals surface area contributed by atoms with Gasteiger partial charge in [0.05, 0.1) is 12.8 Å². The third-order valence-electron chi connectivity index (χ3n) is 6.15. The average Bonchev–Trinajstić information content (AvgIpc) is 3.10. The molecule has 8 heteroatoms. The number of methoxy groups -OCH3 is 1. The van der Waals surface area contributed by atoms with Gasteiger partial charge in [-0.3, -0.25) is 9.52 Å². The third kappa shape index (κ3) is 3.83. The van der Waals surface area contributed by atoms with E-state index >= 15 is 0 Å². The minimum atomic E-state index is -4.03. The van der Waals surface area contributed by atoms with E-state index in [0.29, 0.717) is 41.0 Å². The number of furan rings is 1. The number of hydrogen-bond acceptors (Lipinski definition) is 5. The van der Waals surface area contributed by atoms with Gasteiger partial charge in [0.15, 0.2) is 11.3 Å². The number of rotatable bonds is 5. The number of carbonyl (C=O) groups is 1. The number of para-hydroxylation sites is 2. The molecule has 0 bridgehead atoms. The Morgan fingerprint density at radius 3 is 2.44 bits per heavy atom. The molecule has 1 saturated heterocycles. The van der Waals surface area contributed by atoms with Crippen LogP contribution in [0.5, 0.6) is 5.75 Å². The Morgan fingerprint density at radius 2 is 1.75 bits per heavy atom. The summed E-state index contributed by atoms with van der Waals surface area (Å²) in [5.74, 6) is 0.435. The fourth-order valence-electron chi connectivity index (χ4n) is 4.24. The lowest BCUT2D eigenvalue weighted by Gasteiger charge is -2.25. The van der Waals surface area contributed by atoms with Crippen molar-refractivity contribution in [3.8, 4) is 5.75 Å². The highest BCUT2D eigenvalue weighted by atomic mass is 32.2. The highest BCUT2D eigenvalue weighted by molar-refractivity contribution is 7.93. The van der Waals surface area contributed by atoms with Gasteiger partial charge in [0.2, 0.25) is 0 Å². The highest BCUT2D eigenvalue weighted by Gasteiger charge is 2.30. The van der Waals surface area contributed by atoms with Gasteiger partial charge in [0.25, 0.3) is 15.9 Å². The number of ether oxygens (including phenoxy) is 1. The summed E-state index contributed by atoms with van der Waals surface area (Å²) < 4.78 is 41.0. The smallest absolute Gasteiger partial charge is 0.289 e. The van der Waals surface area contributed by atoms with Crippen molar-refractivity contribution in [2.75, 3.05) is 24.9 Å². The molecule has 1 fully saturated rings. The molecule has 2 aromatic carbocycles. The topological polar surface area (TPSA) is 88.8 Å². The molecule has 1 aliphatic heterocycles. The zero-order valence-corrected chi connectivity index (χ0v) is 19.6. The Balaban J connectivity index is 1.85. The van der Waals surface area contributed by atoms with Gasteiger partial charge < -0.3 is 14.1 Å². The van der Waals surface area contributed by atoms with Crippen LogP contribution in [0.25, 0.3) is 11.0 Å². The standard InChI is InChI=1S/C24H28N2O5S/c1-15-14-18-17(3)21(24(27)26-12-8-5-9-13-26)31-22(18)23(16(15)2)32(28,29)25-19-10-6-7-11-20(19)30-4/h6-7,10-11,14,25H,5,8-9,12-13H2,1-4H3. The molecule has 1 aromatic heterocycles. The van der Waals surface area contributed by atoms with Gasteiger partial charge in [-0.15, -0.1) is 0 Å². The predicted molar refractivity (Wildman–Crippen MR) is 124 cm³/mol. The van der Waals surface area contributed by atoms with E-state index in [4.69, 9.17) is 9.15 Å². The molecule has 0 unspecified atom stereocenters. The first-order valence-corrected chi connectivity index (χ1v) is 12.2. The van der Waals surface area contributed by atoms with Crippen molar-refractivity contribution < 1.29 is 22.4 Å². The predicted octanol–water partition coefficient (Wildman–Crippen LogP) is 4.79. The van der Waals surface area contributed by atoms with Gasteiger partial charge in [-0.25, -0.2) is 8.42 Å². The van der Waals surface area contributed by atoms with Crippen molar-refractivity contribution in [3.63, 3.8) is 0 Å². The largest absolute Gasteiger partial charge is 0.495 e. The molecular weight excluding hydrogens is 428 g/mol. The Kier molecular flexibility index (Phi) is 5.90. The van der Waals surface area contributed by atoms with Gasteiger partial charge >= 0.3 is 0 Å².